The van der Waals surface area contributed by atoms with E-state index in [0.717, 1.165) is 19.2 Å². The number of fused-ring (bicyclic) bond motifs is 3. The SMILES string of the molecule is Cc1nc2c3cc(F)c(F)c(F)c3nc(N3CCN(C)CC3)n2n1. The zero-order chi connectivity index (χ0) is 17.0. The number of benzene rings is 1. The van der Waals surface area contributed by atoms with E-state index in [1.54, 1.807) is 6.92 Å². The van der Waals surface area contributed by atoms with Crippen molar-refractivity contribution in [3.63, 3.8) is 0 Å². The zero-order valence-corrected chi connectivity index (χ0v) is 13.2. The summed E-state index contributed by atoms with van der Waals surface area (Å²) in [6.07, 6.45) is 0. The minimum atomic E-state index is -1.53. The molecule has 1 aromatic carbocycles. The maximum absolute atomic E-state index is 14.2. The number of nitrogens with zero attached hydrogens (tertiary/aromatic N) is 6. The lowest BCUT2D eigenvalue weighted by atomic mass is 10.2. The number of likely N-dealkylation sites (N-methyl/N-ethyl adjacent to an activating group) is 1. The Labute approximate surface area is 135 Å². The molecule has 0 bridgehead atoms. The fourth-order valence-electron chi connectivity index (χ4n) is 2.95. The molecule has 0 unspecified atom stereocenters. The number of rotatable bonds is 1. The van der Waals surface area contributed by atoms with E-state index in [2.05, 4.69) is 20.0 Å². The van der Waals surface area contributed by atoms with Crippen molar-refractivity contribution in [3.8, 4) is 0 Å². The minimum Gasteiger partial charge on any atom is -0.338 e. The third-order valence-corrected chi connectivity index (χ3v) is 4.28. The average molecular weight is 336 g/mol. The number of aryl methyl sites for hydroxylation is 1. The van der Waals surface area contributed by atoms with Gasteiger partial charge in [-0.1, -0.05) is 0 Å². The van der Waals surface area contributed by atoms with Gasteiger partial charge < -0.3 is 9.80 Å². The molecule has 6 nitrogen and oxygen atoms in total. The van der Waals surface area contributed by atoms with E-state index in [1.807, 2.05) is 11.9 Å². The zero-order valence-electron chi connectivity index (χ0n) is 13.2. The summed E-state index contributed by atoms with van der Waals surface area (Å²) in [7, 11) is 2.01. The molecule has 9 heteroatoms. The second kappa shape index (κ2) is 5.30. The molecule has 2 aromatic heterocycles. The van der Waals surface area contributed by atoms with Crippen LogP contribution in [0.4, 0.5) is 19.1 Å². The molecule has 1 saturated heterocycles. The van der Waals surface area contributed by atoms with Crippen LogP contribution in [0.25, 0.3) is 16.6 Å². The quantitative estimate of drug-likeness (QED) is 0.634. The normalized spacial score (nSPS) is 16.5. The van der Waals surface area contributed by atoms with Crippen molar-refractivity contribution < 1.29 is 13.2 Å². The van der Waals surface area contributed by atoms with Crippen molar-refractivity contribution in [1.82, 2.24) is 24.5 Å². The van der Waals surface area contributed by atoms with Crippen LogP contribution >= 0.6 is 0 Å². The first-order valence-corrected chi connectivity index (χ1v) is 7.60. The van der Waals surface area contributed by atoms with Gasteiger partial charge in [-0.2, -0.15) is 4.52 Å². The summed E-state index contributed by atoms with van der Waals surface area (Å²) in [5.74, 6) is -3.26. The van der Waals surface area contributed by atoms with E-state index in [-0.39, 0.29) is 16.6 Å². The number of hydrogen-bond acceptors (Lipinski definition) is 5. The lowest BCUT2D eigenvalue weighted by Crippen LogP contribution is -2.45. The number of hydrogen-bond donors (Lipinski definition) is 0. The maximum atomic E-state index is 14.2. The van der Waals surface area contributed by atoms with Crippen LogP contribution in [0.2, 0.25) is 0 Å². The van der Waals surface area contributed by atoms with Gasteiger partial charge in [0.15, 0.2) is 23.1 Å². The van der Waals surface area contributed by atoms with Crippen molar-refractivity contribution >= 4 is 22.5 Å². The van der Waals surface area contributed by atoms with Crippen LogP contribution in [-0.2, 0) is 0 Å². The highest BCUT2D eigenvalue weighted by atomic mass is 19.2. The third-order valence-electron chi connectivity index (χ3n) is 4.28. The Morgan fingerprint density at radius 2 is 1.71 bits per heavy atom. The second-order valence-corrected chi connectivity index (χ2v) is 5.98. The molecule has 0 spiro atoms. The molecule has 3 aromatic rings. The van der Waals surface area contributed by atoms with E-state index in [0.29, 0.717) is 24.9 Å². The van der Waals surface area contributed by atoms with Crippen LogP contribution < -0.4 is 4.90 Å². The molecule has 0 radical (unpaired) electrons. The van der Waals surface area contributed by atoms with Crippen LogP contribution in [-0.4, -0.2) is 57.7 Å². The Bertz CT molecular complexity index is 946. The number of aromatic nitrogens is 4. The lowest BCUT2D eigenvalue weighted by molar-refractivity contribution is 0.310. The molecule has 24 heavy (non-hydrogen) atoms. The Morgan fingerprint density at radius 1 is 1.00 bits per heavy atom. The summed E-state index contributed by atoms with van der Waals surface area (Å²) < 4.78 is 43.0. The molecular formula is C15H15F3N6. The van der Waals surface area contributed by atoms with Crippen LogP contribution in [0.5, 0.6) is 0 Å². The molecular weight excluding hydrogens is 321 g/mol. The van der Waals surface area contributed by atoms with Gasteiger partial charge in [-0.3, -0.25) is 0 Å². The topological polar surface area (TPSA) is 49.6 Å². The second-order valence-electron chi connectivity index (χ2n) is 5.98. The van der Waals surface area contributed by atoms with Crippen molar-refractivity contribution in [3.05, 3.63) is 29.3 Å². The van der Waals surface area contributed by atoms with Gasteiger partial charge in [-0.15, -0.1) is 5.10 Å². The highest BCUT2D eigenvalue weighted by Gasteiger charge is 2.24. The van der Waals surface area contributed by atoms with Gasteiger partial charge in [0.1, 0.15) is 11.3 Å². The Hall–Kier alpha value is -2.42. The summed E-state index contributed by atoms with van der Waals surface area (Å²) in [4.78, 5) is 12.6. The monoisotopic (exact) mass is 336 g/mol. The average Bonchev–Trinajstić information content (AvgIpc) is 2.95. The molecule has 0 saturated carbocycles. The first-order valence-electron chi connectivity index (χ1n) is 7.60. The fraction of sp³-hybridized carbons (Fsp3) is 0.400. The molecule has 1 aliphatic rings. The Kier molecular flexibility index (Phi) is 3.34. The molecule has 0 amide bonds. The van der Waals surface area contributed by atoms with E-state index < -0.39 is 17.5 Å². The van der Waals surface area contributed by atoms with Gasteiger partial charge >= 0.3 is 0 Å². The van der Waals surface area contributed by atoms with Crippen molar-refractivity contribution in [1.29, 1.82) is 0 Å². The minimum absolute atomic E-state index is 0.102. The first-order chi connectivity index (χ1) is 11.5. The summed E-state index contributed by atoms with van der Waals surface area (Å²) in [5, 5.41) is 4.39. The largest absolute Gasteiger partial charge is 0.338 e. The van der Waals surface area contributed by atoms with E-state index in [4.69, 9.17) is 0 Å². The molecule has 0 atom stereocenters. The number of halogens is 3. The highest BCUT2D eigenvalue weighted by molar-refractivity contribution is 5.92. The number of piperazine rings is 1. The van der Waals surface area contributed by atoms with Crippen molar-refractivity contribution in [2.75, 3.05) is 38.1 Å². The summed E-state index contributed by atoms with van der Waals surface area (Å²) in [6, 6.07) is 0.915. The van der Waals surface area contributed by atoms with Crippen molar-refractivity contribution in [2.24, 2.45) is 0 Å². The predicted molar refractivity (Wildman–Crippen MR) is 82.6 cm³/mol. The Balaban J connectivity index is 2.01. The molecule has 0 aliphatic carbocycles. The lowest BCUT2D eigenvalue weighted by Gasteiger charge is -2.33. The molecule has 3 heterocycles. The van der Waals surface area contributed by atoms with Gasteiger partial charge in [0, 0.05) is 26.2 Å². The van der Waals surface area contributed by atoms with Crippen LogP contribution in [0, 0.1) is 24.4 Å². The smallest absolute Gasteiger partial charge is 0.229 e. The highest BCUT2D eigenvalue weighted by Crippen LogP contribution is 2.28. The standard InChI is InChI=1S/C15H15F3N6/c1-8-19-14-9-7-10(16)11(17)12(18)13(9)20-15(24(14)21-8)23-5-3-22(2)4-6-23/h7H,3-6H2,1-2H3. The van der Waals surface area contributed by atoms with Gasteiger partial charge in [0.25, 0.3) is 0 Å². The van der Waals surface area contributed by atoms with Gasteiger partial charge in [-0.05, 0) is 20.0 Å². The van der Waals surface area contributed by atoms with Gasteiger partial charge in [0.05, 0.1) is 5.39 Å². The molecule has 1 fully saturated rings. The van der Waals surface area contributed by atoms with Gasteiger partial charge in [-0.25, -0.2) is 23.1 Å². The van der Waals surface area contributed by atoms with Crippen molar-refractivity contribution in [2.45, 2.75) is 6.92 Å². The summed E-state index contributed by atoms with van der Waals surface area (Å²) in [5.41, 5.74) is 0.0342. The molecule has 4 rings (SSSR count). The number of anilines is 1. The summed E-state index contributed by atoms with van der Waals surface area (Å²) >= 11 is 0. The first kappa shape index (κ1) is 15.1. The Morgan fingerprint density at radius 3 is 2.42 bits per heavy atom. The van der Waals surface area contributed by atoms with E-state index in [9.17, 15) is 13.2 Å². The fourth-order valence-corrected chi connectivity index (χ4v) is 2.95. The molecule has 0 N–H and O–H groups in total. The van der Waals surface area contributed by atoms with Crippen LogP contribution in [0.3, 0.4) is 0 Å². The van der Waals surface area contributed by atoms with E-state index in [1.165, 1.54) is 4.52 Å². The summed E-state index contributed by atoms with van der Waals surface area (Å²) in [6.45, 7) is 4.66. The van der Waals surface area contributed by atoms with E-state index >= 15 is 0 Å². The van der Waals surface area contributed by atoms with Crippen LogP contribution in [0.1, 0.15) is 5.82 Å². The van der Waals surface area contributed by atoms with Gasteiger partial charge in [0.2, 0.25) is 5.95 Å². The molecule has 126 valence electrons. The maximum Gasteiger partial charge on any atom is 0.229 e. The molecule has 1 aliphatic heterocycles. The predicted octanol–water partition coefficient (Wildman–Crippen LogP) is 1.76. The third kappa shape index (κ3) is 2.19. The van der Waals surface area contributed by atoms with Crippen LogP contribution in [0.15, 0.2) is 6.07 Å².